The Balaban J connectivity index is 1.54. The first kappa shape index (κ1) is 18.0. The van der Waals surface area contributed by atoms with Gasteiger partial charge in [0.25, 0.3) is 0 Å². The minimum absolute atomic E-state index is 0.0902. The smallest absolute Gasteiger partial charge is 0.240 e. The Morgan fingerprint density at radius 3 is 2.52 bits per heavy atom. The normalized spacial score (nSPS) is 25.3. The van der Waals surface area contributed by atoms with Crippen molar-refractivity contribution in [1.82, 2.24) is 9.80 Å². The number of piperidine rings is 1. The van der Waals surface area contributed by atoms with E-state index in [9.17, 15) is 14.4 Å². The number of nitrogens with zero attached hydrogens (tertiary/aromatic N) is 3. The number of hydrogen-bond acceptors (Lipinski definition) is 4. The second-order valence-electron chi connectivity index (χ2n) is 7.86. The molecule has 3 amide bonds. The molecule has 0 saturated carbocycles. The molecule has 144 valence electrons. The van der Waals surface area contributed by atoms with E-state index in [-0.39, 0.29) is 18.4 Å². The zero-order valence-electron chi connectivity index (χ0n) is 15.5. The first-order valence-corrected chi connectivity index (χ1v) is 9.71. The molecule has 3 aliphatic heterocycles. The monoisotopic (exact) mass is 370 g/mol. The lowest BCUT2D eigenvalue weighted by molar-refractivity contribution is -0.132. The molecule has 2 fully saturated rings. The topological polar surface area (TPSA) is 87.0 Å². The summed E-state index contributed by atoms with van der Waals surface area (Å²) in [4.78, 5) is 43.0. The standard InChI is InChI=1S/C20H26N4O3/c21-17(25)12-24-16-7-3-2-6-15(16)20(19(24)27)8-11-23(14-20)18(26)13-22-9-4-1-5-10-22/h2-3,6-7H,1,4-5,8-14H2,(H2,21,25). The highest BCUT2D eigenvalue weighted by Crippen LogP contribution is 2.47. The number of anilines is 1. The summed E-state index contributed by atoms with van der Waals surface area (Å²) < 4.78 is 0. The summed E-state index contributed by atoms with van der Waals surface area (Å²) in [6.07, 6.45) is 4.11. The lowest BCUT2D eigenvalue weighted by atomic mass is 9.81. The first-order chi connectivity index (χ1) is 13.0. The molecule has 27 heavy (non-hydrogen) atoms. The van der Waals surface area contributed by atoms with E-state index in [1.807, 2.05) is 29.2 Å². The van der Waals surface area contributed by atoms with Crippen LogP contribution in [0.25, 0.3) is 0 Å². The van der Waals surface area contributed by atoms with Crippen molar-refractivity contribution in [2.75, 3.05) is 44.2 Å². The molecule has 0 aliphatic carbocycles. The predicted molar refractivity (Wildman–Crippen MR) is 101 cm³/mol. The number of nitrogens with two attached hydrogens (primary N) is 1. The lowest BCUT2D eigenvalue weighted by Crippen LogP contribution is -2.47. The van der Waals surface area contributed by atoms with Crippen molar-refractivity contribution in [3.8, 4) is 0 Å². The number of likely N-dealkylation sites (tertiary alicyclic amines) is 2. The van der Waals surface area contributed by atoms with E-state index in [4.69, 9.17) is 5.73 Å². The molecule has 1 aromatic carbocycles. The molecule has 0 aromatic heterocycles. The maximum absolute atomic E-state index is 13.2. The van der Waals surface area contributed by atoms with Gasteiger partial charge in [-0.1, -0.05) is 24.6 Å². The largest absolute Gasteiger partial charge is 0.368 e. The number of carbonyl (C=O) groups excluding carboxylic acids is 3. The summed E-state index contributed by atoms with van der Waals surface area (Å²) in [5, 5.41) is 0. The fraction of sp³-hybridized carbons (Fsp3) is 0.550. The Morgan fingerprint density at radius 2 is 1.78 bits per heavy atom. The number of primary amides is 1. The van der Waals surface area contributed by atoms with E-state index >= 15 is 0 Å². The zero-order valence-corrected chi connectivity index (χ0v) is 15.5. The number of amides is 3. The van der Waals surface area contributed by atoms with Gasteiger partial charge in [-0.05, 0) is 44.0 Å². The highest BCUT2D eigenvalue weighted by atomic mass is 16.2. The van der Waals surface area contributed by atoms with E-state index in [1.54, 1.807) is 0 Å². The van der Waals surface area contributed by atoms with Gasteiger partial charge >= 0.3 is 0 Å². The molecule has 7 nitrogen and oxygen atoms in total. The SMILES string of the molecule is NC(=O)CN1C(=O)C2(CCN(C(=O)CN3CCCCC3)C2)c2ccccc21. The van der Waals surface area contributed by atoms with Crippen LogP contribution in [0, 0.1) is 0 Å². The Hall–Kier alpha value is -2.41. The van der Waals surface area contributed by atoms with Crippen LogP contribution >= 0.6 is 0 Å². The summed E-state index contributed by atoms with van der Waals surface area (Å²) in [5.41, 5.74) is 6.26. The van der Waals surface area contributed by atoms with Crippen LogP contribution in [0.2, 0.25) is 0 Å². The van der Waals surface area contributed by atoms with Crippen LogP contribution in [0.4, 0.5) is 5.69 Å². The fourth-order valence-electron chi connectivity index (χ4n) is 4.74. The molecule has 2 saturated heterocycles. The number of benzene rings is 1. The van der Waals surface area contributed by atoms with Crippen molar-refractivity contribution in [1.29, 1.82) is 0 Å². The maximum atomic E-state index is 13.2. The molecule has 2 N–H and O–H groups in total. The van der Waals surface area contributed by atoms with Gasteiger partial charge in [-0.3, -0.25) is 19.3 Å². The average molecular weight is 370 g/mol. The van der Waals surface area contributed by atoms with Gasteiger partial charge in [0.15, 0.2) is 0 Å². The second kappa shape index (κ2) is 6.96. The van der Waals surface area contributed by atoms with E-state index in [1.165, 1.54) is 11.3 Å². The van der Waals surface area contributed by atoms with Crippen LogP contribution < -0.4 is 10.6 Å². The lowest BCUT2D eigenvalue weighted by Gasteiger charge is -2.29. The van der Waals surface area contributed by atoms with Crippen molar-refractivity contribution >= 4 is 23.4 Å². The summed E-state index contributed by atoms with van der Waals surface area (Å²) in [5.74, 6) is -0.561. The van der Waals surface area contributed by atoms with Gasteiger partial charge in [0.2, 0.25) is 17.7 Å². The Kier molecular flexibility index (Phi) is 4.63. The molecule has 0 radical (unpaired) electrons. The number of hydrogen-bond donors (Lipinski definition) is 1. The van der Waals surface area contributed by atoms with Gasteiger partial charge in [0.1, 0.15) is 6.54 Å². The van der Waals surface area contributed by atoms with Crippen LogP contribution in [0.3, 0.4) is 0 Å². The van der Waals surface area contributed by atoms with Gasteiger partial charge in [-0.25, -0.2) is 0 Å². The van der Waals surface area contributed by atoms with Crippen molar-refractivity contribution in [3.63, 3.8) is 0 Å². The molecular weight excluding hydrogens is 344 g/mol. The Morgan fingerprint density at radius 1 is 1.04 bits per heavy atom. The molecule has 3 heterocycles. The maximum Gasteiger partial charge on any atom is 0.240 e. The summed E-state index contributed by atoms with van der Waals surface area (Å²) >= 11 is 0. The highest BCUT2D eigenvalue weighted by Gasteiger charge is 2.55. The molecule has 1 spiro atoms. The van der Waals surface area contributed by atoms with E-state index in [0.29, 0.717) is 26.1 Å². The molecule has 4 rings (SSSR count). The summed E-state index contributed by atoms with van der Waals surface area (Å²) in [6.45, 7) is 3.19. The minimum Gasteiger partial charge on any atom is -0.368 e. The summed E-state index contributed by atoms with van der Waals surface area (Å²) in [7, 11) is 0. The first-order valence-electron chi connectivity index (χ1n) is 9.71. The second-order valence-corrected chi connectivity index (χ2v) is 7.86. The fourth-order valence-corrected chi connectivity index (χ4v) is 4.74. The molecule has 3 aliphatic rings. The van der Waals surface area contributed by atoms with Crippen LogP contribution in [0.15, 0.2) is 24.3 Å². The molecule has 1 aromatic rings. The number of para-hydroxylation sites is 1. The van der Waals surface area contributed by atoms with Gasteiger partial charge in [-0.15, -0.1) is 0 Å². The molecule has 7 heteroatoms. The molecule has 0 bridgehead atoms. The average Bonchev–Trinajstić information content (AvgIpc) is 3.20. The molecular formula is C20H26N4O3. The number of carbonyl (C=O) groups is 3. The third kappa shape index (κ3) is 3.10. The van der Waals surface area contributed by atoms with Crippen molar-refractivity contribution < 1.29 is 14.4 Å². The van der Waals surface area contributed by atoms with Crippen LogP contribution in [-0.4, -0.2) is 66.8 Å². The van der Waals surface area contributed by atoms with Gasteiger partial charge in [0.05, 0.1) is 12.0 Å². The van der Waals surface area contributed by atoms with Crippen LogP contribution in [0.5, 0.6) is 0 Å². The van der Waals surface area contributed by atoms with Gasteiger partial charge in [0, 0.05) is 18.8 Å². The van der Waals surface area contributed by atoms with Crippen molar-refractivity contribution in [2.45, 2.75) is 31.1 Å². The number of rotatable bonds is 4. The third-order valence-electron chi connectivity index (χ3n) is 6.11. The Bertz CT molecular complexity index is 774. The summed E-state index contributed by atoms with van der Waals surface area (Å²) in [6, 6.07) is 7.54. The predicted octanol–water partition coefficient (Wildman–Crippen LogP) is 0.475. The van der Waals surface area contributed by atoms with E-state index in [0.717, 1.165) is 37.2 Å². The van der Waals surface area contributed by atoms with Crippen molar-refractivity contribution in [2.24, 2.45) is 5.73 Å². The highest BCUT2D eigenvalue weighted by molar-refractivity contribution is 6.11. The molecule has 1 atom stereocenters. The van der Waals surface area contributed by atoms with Crippen LogP contribution in [-0.2, 0) is 19.8 Å². The van der Waals surface area contributed by atoms with Crippen molar-refractivity contribution in [3.05, 3.63) is 29.8 Å². The van der Waals surface area contributed by atoms with E-state index in [2.05, 4.69) is 4.90 Å². The van der Waals surface area contributed by atoms with E-state index < -0.39 is 11.3 Å². The van der Waals surface area contributed by atoms with Gasteiger partial charge in [-0.2, -0.15) is 0 Å². The quantitative estimate of drug-likeness (QED) is 0.835. The molecule has 1 unspecified atom stereocenters. The van der Waals surface area contributed by atoms with Gasteiger partial charge < -0.3 is 15.5 Å². The van der Waals surface area contributed by atoms with Crippen LogP contribution in [0.1, 0.15) is 31.2 Å². The zero-order chi connectivity index (χ0) is 19.0. The number of fused-ring (bicyclic) bond motifs is 2. The minimum atomic E-state index is -0.746. The Labute approximate surface area is 159 Å². The third-order valence-corrected chi connectivity index (χ3v) is 6.11.